The molecule has 0 amide bonds. The average Bonchev–Trinajstić information content (AvgIpc) is 3.88. The minimum atomic E-state index is -1.89. The van der Waals surface area contributed by atoms with Crippen molar-refractivity contribution in [3.63, 3.8) is 0 Å². The monoisotopic (exact) mass is 872 g/mol. The number of carbonyl (C=O) groups is 8. The summed E-state index contributed by atoms with van der Waals surface area (Å²) in [6.07, 6.45) is -12.7. The van der Waals surface area contributed by atoms with Crippen molar-refractivity contribution in [1.29, 1.82) is 0 Å². The van der Waals surface area contributed by atoms with Gasteiger partial charge in [0, 0.05) is 55.4 Å². The molecule has 62 heavy (non-hydrogen) atoms. The van der Waals surface area contributed by atoms with Gasteiger partial charge in [0.1, 0.15) is 37.6 Å². The van der Waals surface area contributed by atoms with Gasteiger partial charge in [-0.25, -0.2) is 0 Å². The predicted molar refractivity (Wildman–Crippen MR) is 200 cm³/mol. The zero-order valence-corrected chi connectivity index (χ0v) is 34.7. The summed E-state index contributed by atoms with van der Waals surface area (Å²) in [5, 5.41) is 24.6. The number of ether oxygens (including phenoxy) is 10. The van der Waals surface area contributed by atoms with Crippen LogP contribution >= 0.6 is 0 Å². The molecule has 334 valence electrons. The molecule has 2 fully saturated rings. The van der Waals surface area contributed by atoms with Gasteiger partial charge < -0.3 is 47.4 Å². The molecule has 1 aromatic rings. The van der Waals surface area contributed by atoms with E-state index < -0.39 is 133 Å². The lowest BCUT2D eigenvalue weighted by molar-refractivity contribution is -0.259. The van der Waals surface area contributed by atoms with E-state index in [0.717, 1.165) is 55.4 Å². The Morgan fingerprint density at radius 2 is 0.806 bits per heavy atom. The van der Waals surface area contributed by atoms with Crippen molar-refractivity contribution >= 4 is 60.2 Å². The first kappa shape index (κ1) is 46.5. The van der Waals surface area contributed by atoms with E-state index in [9.17, 15) is 38.4 Å². The van der Waals surface area contributed by atoms with Crippen molar-refractivity contribution in [3.8, 4) is 0 Å². The zero-order valence-electron chi connectivity index (χ0n) is 34.7. The number of esters is 8. The van der Waals surface area contributed by atoms with Crippen LogP contribution in [-0.2, 0) is 96.8 Å². The number of benzene rings is 1. The van der Waals surface area contributed by atoms with Gasteiger partial charge in [-0.2, -0.15) is 0 Å². The number of carbonyl (C=O) groups excluding carboxylic acids is 8. The van der Waals surface area contributed by atoms with Gasteiger partial charge in [0.25, 0.3) is 0 Å². The lowest BCUT2D eigenvalue weighted by Gasteiger charge is -2.48. The van der Waals surface area contributed by atoms with Crippen LogP contribution < -0.4 is 0 Å². The molecule has 5 rings (SSSR count). The Labute approximate surface area is 352 Å². The molecule has 4 aliphatic heterocycles. The van der Waals surface area contributed by atoms with Gasteiger partial charge in [0.05, 0.1) is 12.4 Å². The second-order valence-electron chi connectivity index (χ2n) is 14.3. The van der Waals surface area contributed by atoms with Crippen molar-refractivity contribution in [2.45, 2.75) is 128 Å². The number of rotatable bonds is 14. The summed E-state index contributed by atoms with van der Waals surface area (Å²) in [6.45, 7) is 7.63. The van der Waals surface area contributed by atoms with Gasteiger partial charge in [0.2, 0.25) is 0 Å². The molecule has 0 radical (unpaired) electrons. The van der Waals surface area contributed by atoms with Gasteiger partial charge in [-0.3, -0.25) is 38.4 Å². The van der Waals surface area contributed by atoms with Crippen LogP contribution in [0.2, 0.25) is 0 Å². The van der Waals surface area contributed by atoms with Crippen molar-refractivity contribution in [3.05, 3.63) is 35.4 Å². The van der Waals surface area contributed by atoms with Crippen LogP contribution in [0.25, 0.3) is 0 Å². The smallest absolute Gasteiger partial charge is 0.303 e. The minimum absolute atomic E-state index is 0.182. The summed E-state index contributed by atoms with van der Waals surface area (Å²) < 4.78 is 57.4. The molecule has 24 heteroatoms. The summed E-state index contributed by atoms with van der Waals surface area (Å²) in [5.41, 5.74) is -3.41. The maximum absolute atomic E-state index is 12.8. The van der Waals surface area contributed by atoms with Gasteiger partial charge in [-0.15, -0.1) is 20.4 Å². The highest BCUT2D eigenvalue weighted by atomic mass is 16.7. The van der Waals surface area contributed by atoms with Crippen molar-refractivity contribution in [1.82, 2.24) is 0 Å². The molecule has 0 N–H and O–H groups in total. The third-order valence-electron chi connectivity index (χ3n) is 9.67. The first-order valence-electron chi connectivity index (χ1n) is 18.9. The third kappa shape index (κ3) is 10.3. The Balaban J connectivity index is 1.70. The second-order valence-corrected chi connectivity index (χ2v) is 14.3. The Morgan fingerprint density at radius 1 is 0.484 bits per heavy atom. The highest BCUT2D eigenvalue weighted by Gasteiger charge is 2.62. The topological polar surface area (TPSA) is 303 Å². The standard InChI is InChI=1S/C38H44N6O18/c1-17(45)53-13-27-29(55-19(3)47)31(57-21(5)49)33(59-23(7)51)35(61-27)37(15-39-43-41-37)25-10-9-11-26(12-25)38(16-40-44-42-38)36-34(60-24(8)52)32(58-22(6)50)30(56-20(4)48)28(62-36)14-54-18(2)46/h9-12,15-16,27-36H,13-14H2,1-8H3/t27-,28-,29-,30-,31-,32+,33-,34-,35-,36-,37?,38?/m1/s1. The molecule has 12 atom stereocenters. The normalized spacial score (nSPS) is 31.9. The molecular formula is C38H44N6O18. The zero-order chi connectivity index (χ0) is 45.5. The van der Waals surface area contributed by atoms with E-state index in [4.69, 9.17) is 47.4 Å². The quantitative estimate of drug-likeness (QED) is 0.187. The predicted octanol–water partition coefficient (Wildman–Crippen LogP) is 1.23. The van der Waals surface area contributed by atoms with Crippen molar-refractivity contribution in [2.24, 2.45) is 30.9 Å². The summed E-state index contributed by atoms with van der Waals surface area (Å²) in [6, 6.07) is 6.15. The molecule has 0 spiro atoms. The van der Waals surface area contributed by atoms with Gasteiger partial charge >= 0.3 is 47.8 Å². The second kappa shape index (κ2) is 19.4. The fraction of sp³-hybridized carbons (Fsp3) is 0.579. The van der Waals surface area contributed by atoms with Crippen molar-refractivity contribution < 1.29 is 85.7 Å². The first-order chi connectivity index (χ1) is 29.3. The van der Waals surface area contributed by atoms with Crippen LogP contribution in [0.5, 0.6) is 0 Å². The molecule has 1 aromatic carbocycles. The molecule has 2 saturated heterocycles. The fourth-order valence-corrected chi connectivity index (χ4v) is 7.52. The largest absolute Gasteiger partial charge is 0.463 e. The van der Waals surface area contributed by atoms with Crippen LogP contribution in [0.4, 0.5) is 0 Å². The van der Waals surface area contributed by atoms with Crippen LogP contribution in [0.3, 0.4) is 0 Å². The number of hydrogen-bond donors (Lipinski definition) is 0. The lowest BCUT2D eigenvalue weighted by Crippen LogP contribution is -2.67. The fourth-order valence-electron chi connectivity index (χ4n) is 7.52. The molecule has 0 aliphatic carbocycles. The Hall–Kier alpha value is -6.56. The SMILES string of the molecule is CC(=O)OC[C@H]1O[C@@H](C2(c3cccc(C4([C@@H]5O[C@H](COC(C)=O)[C@@H](OC(C)=O)[C@@H](OC(C)=O)[C@H]5OC(C)=O)C=NN=N4)c3)C=NN=N2)[C@H](OC(C)=O)[C@@H](OC(C)=O)[C@@H]1OC(C)=O. The van der Waals surface area contributed by atoms with E-state index in [1.165, 1.54) is 24.6 Å². The summed E-state index contributed by atoms with van der Waals surface area (Å²) >= 11 is 0. The Kier molecular flexibility index (Phi) is 14.6. The van der Waals surface area contributed by atoms with E-state index >= 15 is 0 Å². The molecular weight excluding hydrogens is 828 g/mol. The number of nitrogens with zero attached hydrogens (tertiary/aromatic N) is 6. The lowest BCUT2D eigenvalue weighted by atomic mass is 9.75. The summed E-state index contributed by atoms with van der Waals surface area (Å²) in [5.74, 6) is -6.63. The maximum Gasteiger partial charge on any atom is 0.303 e. The van der Waals surface area contributed by atoms with Crippen LogP contribution in [0.15, 0.2) is 55.1 Å². The van der Waals surface area contributed by atoms with E-state index in [1.807, 2.05) is 0 Å². The van der Waals surface area contributed by atoms with Crippen LogP contribution in [-0.4, -0.2) is 134 Å². The van der Waals surface area contributed by atoms with E-state index in [1.54, 1.807) is 12.1 Å². The molecule has 4 aliphatic rings. The molecule has 0 bridgehead atoms. The van der Waals surface area contributed by atoms with E-state index in [0.29, 0.717) is 0 Å². The molecule has 24 nitrogen and oxygen atoms in total. The average molecular weight is 873 g/mol. The first-order valence-corrected chi connectivity index (χ1v) is 18.9. The minimum Gasteiger partial charge on any atom is -0.463 e. The molecule has 2 unspecified atom stereocenters. The highest BCUT2D eigenvalue weighted by Crippen LogP contribution is 2.46. The van der Waals surface area contributed by atoms with Gasteiger partial charge in [0.15, 0.2) is 47.7 Å². The maximum atomic E-state index is 12.8. The van der Waals surface area contributed by atoms with Gasteiger partial charge in [-0.05, 0) is 27.6 Å². The molecule has 0 aromatic heterocycles. The number of hydrogen-bond acceptors (Lipinski definition) is 24. The Bertz CT molecular complexity index is 1910. The highest BCUT2D eigenvalue weighted by molar-refractivity contribution is 5.79. The summed E-state index contributed by atoms with van der Waals surface area (Å²) in [7, 11) is 0. The molecule has 4 heterocycles. The Morgan fingerprint density at radius 3 is 1.10 bits per heavy atom. The molecule has 0 saturated carbocycles. The van der Waals surface area contributed by atoms with Crippen LogP contribution in [0, 0.1) is 0 Å². The van der Waals surface area contributed by atoms with Gasteiger partial charge in [-0.1, -0.05) is 18.2 Å². The van der Waals surface area contributed by atoms with E-state index in [-0.39, 0.29) is 11.1 Å². The summed E-state index contributed by atoms with van der Waals surface area (Å²) in [4.78, 5) is 99.5. The van der Waals surface area contributed by atoms with Crippen molar-refractivity contribution in [2.75, 3.05) is 13.2 Å². The third-order valence-corrected chi connectivity index (χ3v) is 9.67. The van der Waals surface area contributed by atoms with E-state index in [2.05, 4.69) is 30.9 Å². The van der Waals surface area contributed by atoms with Crippen LogP contribution in [0.1, 0.15) is 66.5 Å².